The molecule has 29 heavy (non-hydrogen) atoms. The number of aromatic nitrogens is 2. The molecule has 1 aromatic carbocycles. The lowest BCUT2D eigenvalue weighted by Gasteiger charge is -2.17. The number of anilines is 1. The summed E-state index contributed by atoms with van der Waals surface area (Å²) >= 11 is 1.56. The second kappa shape index (κ2) is 7.36. The van der Waals surface area contributed by atoms with Gasteiger partial charge < -0.3 is 5.32 Å². The van der Waals surface area contributed by atoms with Crippen LogP contribution in [0, 0.1) is 5.92 Å². The summed E-state index contributed by atoms with van der Waals surface area (Å²) in [5.41, 5.74) is 1.12. The molecule has 152 valence electrons. The van der Waals surface area contributed by atoms with Crippen molar-refractivity contribution in [2.75, 3.05) is 5.32 Å². The zero-order chi connectivity index (χ0) is 20.8. The van der Waals surface area contributed by atoms with Crippen molar-refractivity contribution in [3.05, 3.63) is 51.4 Å². The van der Waals surface area contributed by atoms with E-state index in [-0.39, 0.29) is 22.7 Å². The van der Waals surface area contributed by atoms with Gasteiger partial charge in [0.05, 0.1) is 16.6 Å². The molecule has 1 aliphatic carbocycles. The number of nitrogens with two attached hydrogens (primary N) is 1. The Labute approximate surface area is 171 Å². The maximum Gasteiger partial charge on any atom is 0.262 e. The number of carbonyl (C=O) groups excluding carboxylic acids is 1. The number of sulfonamides is 1. The van der Waals surface area contributed by atoms with Crippen molar-refractivity contribution in [3.8, 4) is 0 Å². The van der Waals surface area contributed by atoms with E-state index in [9.17, 15) is 18.0 Å². The fourth-order valence-electron chi connectivity index (χ4n) is 3.58. The molecule has 1 aliphatic rings. The molecule has 1 atom stereocenters. The molecule has 3 aromatic rings. The van der Waals surface area contributed by atoms with Gasteiger partial charge in [-0.15, -0.1) is 11.3 Å². The number of hydrogen-bond donors (Lipinski definition) is 2. The van der Waals surface area contributed by atoms with Gasteiger partial charge in [0, 0.05) is 10.6 Å². The summed E-state index contributed by atoms with van der Waals surface area (Å²) in [5, 5.41) is 8.32. The van der Waals surface area contributed by atoms with Crippen molar-refractivity contribution in [2.24, 2.45) is 11.1 Å². The van der Waals surface area contributed by atoms with Crippen LogP contribution in [0.1, 0.15) is 23.8 Å². The molecule has 1 unspecified atom stereocenters. The van der Waals surface area contributed by atoms with Crippen molar-refractivity contribution in [2.45, 2.75) is 37.6 Å². The Balaban J connectivity index is 1.59. The lowest BCUT2D eigenvalue weighted by atomic mass is 9.89. The summed E-state index contributed by atoms with van der Waals surface area (Å²) in [6, 6.07) is 5.64. The fourth-order valence-corrected chi connectivity index (χ4v) is 5.49. The van der Waals surface area contributed by atoms with E-state index in [0.717, 1.165) is 24.8 Å². The molecular formula is C19H20N4O4S2. The highest BCUT2D eigenvalue weighted by molar-refractivity contribution is 7.89. The average Bonchev–Trinajstić information content (AvgIpc) is 3.01. The summed E-state index contributed by atoms with van der Waals surface area (Å²) in [4.78, 5) is 31.6. The van der Waals surface area contributed by atoms with Gasteiger partial charge in [-0.25, -0.2) is 18.5 Å². The van der Waals surface area contributed by atoms with Gasteiger partial charge in [-0.2, -0.15) is 0 Å². The highest BCUT2D eigenvalue weighted by Crippen LogP contribution is 2.35. The van der Waals surface area contributed by atoms with E-state index < -0.39 is 15.9 Å². The van der Waals surface area contributed by atoms with Crippen LogP contribution in [-0.2, 0) is 34.2 Å². The second-order valence-corrected chi connectivity index (χ2v) is 9.98. The predicted molar refractivity (Wildman–Crippen MR) is 112 cm³/mol. The van der Waals surface area contributed by atoms with E-state index in [1.54, 1.807) is 17.4 Å². The Morgan fingerprint density at radius 1 is 1.41 bits per heavy atom. The highest BCUT2D eigenvalue weighted by Gasteiger charge is 2.23. The quantitative estimate of drug-likeness (QED) is 0.651. The minimum Gasteiger partial charge on any atom is -0.324 e. The van der Waals surface area contributed by atoms with Crippen LogP contribution in [0.3, 0.4) is 0 Å². The summed E-state index contributed by atoms with van der Waals surface area (Å²) < 4.78 is 24.2. The number of thiophene rings is 1. The molecule has 1 amide bonds. The maximum absolute atomic E-state index is 13.0. The van der Waals surface area contributed by atoms with Crippen molar-refractivity contribution in [1.29, 1.82) is 0 Å². The fraction of sp³-hybridized carbons (Fsp3) is 0.316. The molecule has 0 spiro atoms. The first kappa shape index (κ1) is 19.7. The average molecular weight is 433 g/mol. The first-order chi connectivity index (χ1) is 13.7. The third-order valence-corrected chi connectivity index (χ3v) is 7.12. The number of amides is 1. The number of rotatable bonds is 4. The molecule has 0 saturated carbocycles. The Morgan fingerprint density at radius 3 is 2.97 bits per heavy atom. The summed E-state index contributed by atoms with van der Waals surface area (Å²) in [6.07, 6.45) is 4.23. The number of aryl methyl sites for hydroxylation is 1. The van der Waals surface area contributed by atoms with Gasteiger partial charge in [0.2, 0.25) is 15.9 Å². The maximum atomic E-state index is 13.0. The molecule has 0 fully saturated rings. The molecule has 0 bridgehead atoms. The number of benzene rings is 1. The molecular weight excluding hydrogens is 412 g/mol. The van der Waals surface area contributed by atoms with Crippen LogP contribution in [-0.4, -0.2) is 23.9 Å². The smallest absolute Gasteiger partial charge is 0.262 e. The Kier molecular flexibility index (Phi) is 5.01. The predicted octanol–water partition coefficient (Wildman–Crippen LogP) is 1.87. The van der Waals surface area contributed by atoms with Gasteiger partial charge in [-0.05, 0) is 48.9 Å². The van der Waals surface area contributed by atoms with Gasteiger partial charge in [0.25, 0.3) is 5.56 Å². The van der Waals surface area contributed by atoms with E-state index in [2.05, 4.69) is 17.2 Å². The Bertz CT molecular complexity index is 1280. The standard InChI is InChI=1S/C19H20N4O4S2/c1-11-5-6-14-15(7-11)28-18-17(14)19(25)23(10-21-18)9-16(24)22-12-3-2-4-13(8-12)29(20,26)27/h2-4,8,10-11H,5-7,9H2,1H3,(H,22,24)(H2,20,26,27). The molecule has 0 saturated heterocycles. The molecule has 2 aromatic heterocycles. The van der Waals surface area contributed by atoms with Crippen molar-refractivity contribution < 1.29 is 13.2 Å². The van der Waals surface area contributed by atoms with E-state index in [0.29, 0.717) is 16.1 Å². The first-order valence-corrected chi connectivity index (χ1v) is 11.5. The third kappa shape index (κ3) is 3.96. The second-order valence-electron chi connectivity index (χ2n) is 7.33. The largest absolute Gasteiger partial charge is 0.324 e. The normalized spacial score (nSPS) is 16.6. The minimum absolute atomic E-state index is 0.102. The van der Waals surface area contributed by atoms with Crippen LogP contribution in [0.25, 0.3) is 10.2 Å². The lowest BCUT2D eigenvalue weighted by Crippen LogP contribution is -2.28. The summed E-state index contributed by atoms with van der Waals surface area (Å²) in [7, 11) is -3.87. The summed E-state index contributed by atoms with van der Waals surface area (Å²) in [5.74, 6) is 0.134. The number of fused-ring (bicyclic) bond motifs is 3. The molecule has 0 aliphatic heterocycles. The van der Waals surface area contributed by atoms with Crippen LogP contribution in [0.5, 0.6) is 0 Å². The first-order valence-electron chi connectivity index (χ1n) is 9.15. The van der Waals surface area contributed by atoms with Crippen LogP contribution in [0.15, 0.2) is 40.3 Å². The SMILES string of the molecule is CC1CCc2c(sc3ncn(CC(=O)Nc4cccc(S(N)(=O)=O)c4)c(=O)c23)C1. The third-order valence-electron chi connectivity index (χ3n) is 5.04. The number of nitrogens with zero attached hydrogens (tertiary/aromatic N) is 2. The molecule has 8 nitrogen and oxygen atoms in total. The number of carbonyl (C=O) groups is 1. The minimum atomic E-state index is -3.87. The molecule has 10 heteroatoms. The van der Waals surface area contributed by atoms with E-state index in [1.807, 2.05) is 0 Å². The van der Waals surface area contributed by atoms with Gasteiger partial charge in [-0.1, -0.05) is 13.0 Å². The molecule has 0 radical (unpaired) electrons. The van der Waals surface area contributed by atoms with Crippen LogP contribution < -0.4 is 16.0 Å². The number of hydrogen-bond acceptors (Lipinski definition) is 6. The Morgan fingerprint density at radius 2 is 2.21 bits per heavy atom. The molecule has 3 N–H and O–H groups in total. The monoisotopic (exact) mass is 432 g/mol. The van der Waals surface area contributed by atoms with Gasteiger partial charge >= 0.3 is 0 Å². The van der Waals surface area contributed by atoms with Crippen molar-refractivity contribution >= 4 is 43.2 Å². The van der Waals surface area contributed by atoms with Crippen molar-refractivity contribution in [1.82, 2.24) is 9.55 Å². The van der Waals surface area contributed by atoms with E-state index in [4.69, 9.17) is 5.14 Å². The van der Waals surface area contributed by atoms with Gasteiger partial charge in [0.1, 0.15) is 11.4 Å². The molecule has 4 rings (SSSR count). The van der Waals surface area contributed by atoms with Crippen molar-refractivity contribution in [3.63, 3.8) is 0 Å². The number of nitrogens with one attached hydrogen (secondary N) is 1. The van der Waals surface area contributed by atoms with Crippen LogP contribution in [0.4, 0.5) is 5.69 Å². The topological polar surface area (TPSA) is 124 Å². The Hall–Kier alpha value is -2.56. The van der Waals surface area contributed by atoms with Crippen LogP contribution in [0.2, 0.25) is 0 Å². The zero-order valence-corrected chi connectivity index (χ0v) is 17.3. The zero-order valence-electron chi connectivity index (χ0n) is 15.7. The van der Waals surface area contributed by atoms with Gasteiger partial charge in [-0.3, -0.25) is 14.2 Å². The highest BCUT2D eigenvalue weighted by atomic mass is 32.2. The van der Waals surface area contributed by atoms with E-state index >= 15 is 0 Å². The van der Waals surface area contributed by atoms with E-state index in [1.165, 1.54) is 34.0 Å². The number of primary sulfonamides is 1. The van der Waals surface area contributed by atoms with Crippen LogP contribution >= 0.6 is 11.3 Å². The van der Waals surface area contributed by atoms with Gasteiger partial charge in [0.15, 0.2) is 0 Å². The summed E-state index contributed by atoms with van der Waals surface area (Å²) in [6.45, 7) is 1.98. The lowest BCUT2D eigenvalue weighted by molar-refractivity contribution is -0.116. The molecule has 2 heterocycles.